The molecule has 0 spiro atoms. The van der Waals surface area contributed by atoms with E-state index in [4.69, 9.17) is 4.74 Å². The highest BCUT2D eigenvalue weighted by Crippen LogP contribution is 2.33. The summed E-state index contributed by atoms with van der Waals surface area (Å²) < 4.78 is 5.47. The van der Waals surface area contributed by atoms with Crippen LogP contribution in [0, 0.1) is 0 Å². The lowest BCUT2D eigenvalue weighted by molar-refractivity contribution is -0.108. The van der Waals surface area contributed by atoms with E-state index in [9.17, 15) is 4.79 Å². The van der Waals surface area contributed by atoms with Crippen molar-refractivity contribution in [3.8, 4) is 5.75 Å². The number of anilines is 1. The first-order chi connectivity index (χ1) is 8.76. The number of nitrogens with zero attached hydrogens (tertiary/aromatic N) is 1. The summed E-state index contributed by atoms with van der Waals surface area (Å²) in [6.45, 7) is 4.32. The lowest BCUT2D eigenvalue weighted by Gasteiger charge is -2.21. The van der Waals surface area contributed by atoms with Crippen molar-refractivity contribution in [3.05, 3.63) is 23.8 Å². The van der Waals surface area contributed by atoms with Crippen LogP contribution in [0.25, 0.3) is 0 Å². The molecule has 0 bridgehead atoms. The molecular weight excluding hydrogens is 226 g/mol. The molecule has 1 heterocycles. The molecule has 0 unspecified atom stereocenters. The molecule has 0 saturated carbocycles. The molecule has 1 aliphatic rings. The van der Waals surface area contributed by atoms with Gasteiger partial charge in [-0.25, -0.2) is 0 Å². The average molecular weight is 247 g/mol. The van der Waals surface area contributed by atoms with Crippen LogP contribution in [0.4, 0.5) is 5.69 Å². The third-order valence-corrected chi connectivity index (χ3v) is 3.67. The van der Waals surface area contributed by atoms with Crippen molar-refractivity contribution in [3.63, 3.8) is 0 Å². The predicted octanol–water partition coefficient (Wildman–Crippen LogP) is 2.99. The van der Waals surface area contributed by atoms with E-state index in [0.29, 0.717) is 6.42 Å². The minimum atomic E-state index is 0.213. The second-order valence-electron chi connectivity index (χ2n) is 4.92. The Morgan fingerprint density at radius 2 is 2.11 bits per heavy atom. The van der Waals surface area contributed by atoms with Gasteiger partial charge in [0.25, 0.3) is 0 Å². The number of rotatable bonds is 5. The van der Waals surface area contributed by atoms with Crippen molar-refractivity contribution >= 4 is 12.0 Å². The van der Waals surface area contributed by atoms with Gasteiger partial charge in [0.15, 0.2) is 0 Å². The van der Waals surface area contributed by atoms with Crippen LogP contribution >= 0.6 is 0 Å². The standard InChI is InChI=1S/C15H21NO2/c1-12(7-10-17)14-6-5-13(11-15(14)18-2)16-8-3-4-9-16/h5-6,10-12H,3-4,7-9H2,1-2H3/t12-/m1/s1. The Bertz CT molecular complexity index is 411. The molecule has 0 radical (unpaired) electrons. The van der Waals surface area contributed by atoms with Gasteiger partial charge in [0, 0.05) is 31.3 Å². The molecule has 3 nitrogen and oxygen atoms in total. The summed E-state index contributed by atoms with van der Waals surface area (Å²) in [5.41, 5.74) is 2.35. The number of methoxy groups -OCH3 is 1. The van der Waals surface area contributed by atoms with Crippen LogP contribution in [0.15, 0.2) is 18.2 Å². The Kier molecular flexibility index (Phi) is 4.24. The first-order valence-corrected chi connectivity index (χ1v) is 6.62. The number of aldehydes is 1. The van der Waals surface area contributed by atoms with E-state index < -0.39 is 0 Å². The van der Waals surface area contributed by atoms with Gasteiger partial charge in [-0.1, -0.05) is 13.0 Å². The van der Waals surface area contributed by atoms with Crippen LogP contribution in [0.3, 0.4) is 0 Å². The first kappa shape index (κ1) is 12.9. The van der Waals surface area contributed by atoms with Crippen LogP contribution in [0.5, 0.6) is 5.75 Å². The van der Waals surface area contributed by atoms with Crippen LogP contribution in [-0.4, -0.2) is 26.5 Å². The zero-order valence-electron chi connectivity index (χ0n) is 11.2. The zero-order chi connectivity index (χ0) is 13.0. The minimum Gasteiger partial charge on any atom is -0.496 e. The maximum Gasteiger partial charge on any atom is 0.124 e. The summed E-state index contributed by atoms with van der Waals surface area (Å²) in [5, 5.41) is 0. The predicted molar refractivity (Wildman–Crippen MR) is 73.5 cm³/mol. The molecule has 0 N–H and O–H groups in total. The van der Waals surface area contributed by atoms with Crippen LogP contribution < -0.4 is 9.64 Å². The van der Waals surface area contributed by atoms with Crippen molar-refractivity contribution in [2.24, 2.45) is 0 Å². The largest absolute Gasteiger partial charge is 0.496 e. The zero-order valence-corrected chi connectivity index (χ0v) is 11.2. The van der Waals surface area contributed by atoms with Crippen molar-refractivity contribution in [2.45, 2.75) is 32.1 Å². The topological polar surface area (TPSA) is 29.5 Å². The molecule has 1 aromatic rings. The summed E-state index contributed by atoms with van der Waals surface area (Å²) in [6.07, 6.45) is 4.05. The van der Waals surface area contributed by atoms with Crippen molar-refractivity contribution in [1.82, 2.24) is 0 Å². The highest BCUT2D eigenvalue weighted by atomic mass is 16.5. The molecule has 1 saturated heterocycles. The van der Waals surface area contributed by atoms with Gasteiger partial charge >= 0.3 is 0 Å². The van der Waals surface area contributed by atoms with E-state index in [1.165, 1.54) is 18.5 Å². The molecule has 18 heavy (non-hydrogen) atoms. The normalized spacial score (nSPS) is 16.7. The third kappa shape index (κ3) is 2.66. The van der Waals surface area contributed by atoms with Crippen LogP contribution in [-0.2, 0) is 4.79 Å². The van der Waals surface area contributed by atoms with Gasteiger partial charge in [-0.05, 0) is 30.4 Å². The smallest absolute Gasteiger partial charge is 0.124 e. The van der Waals surface area contributed by atoms with E-state index in [2.05, 4.69) is 30.0 Å². The maximum atomic E-state index is 10.6. The number of carbonyl (C=O) groups is 1. The number of benzene rings is 1. The molecule has 3 heteroatoms. The maximum absolute atomic E-state index is 10.6. The molecule has 1 aliphatic heterocycles. The lowest BCUT2D eigenvalue weighted by Crippen LogP contribution is -2.17. The Morgan fingerprint density at radius 3 is 2.72 bits per heavy atom. The van der Waals surface area contributed by atoms with Gasteiger partial charge < -0.3 is 14.4 Å². The van der Waals surface area contributed by atoms with Crippen molar-refractivity contribution in [1.29, 1.82) is 0 Å². The Hall–Kier alpha value is -1.51. The molecule has 1 aromatic carbocycles. The van der Waals surface area contributed by atoms with Gasteiger partial charge in [-0.15, -0.1) is 0 Å². The number of carbonyl (C=O) groups excluding carboxylic acids is 1. The van der Waals surface area contributed by atoms with E-state index in [-0.39, 0.29) is 5.92 Å². The highest BCUT2D eigenvalue weighted by Gasteiger charge is 2.16. The van der Waals surface area contributed by atoms with Gasteiger partial charge in [0.05, 0.1) is 7.11 Å². The van der Waals surface area contributed by atoms with E-state index in [1.54, 1.807) is 7.11 Å². The SMILES string of the molecule is COc1cc(N2CCCC2)ccc1[C@H](C)CC=O. The lowest BCUT2D eigenvalue weighted by atomic mass is 9.97. The molecule has 1 atom stereocenters. The van der Waals surface area contributed by atoms with Crippen molar-refractivity contribution in [2.75, 3.05) is 25.1 Å². The number of hydrogen-bond donors (Lipinski definition) is 0. The highest BCUT2D eigenvalue weighted by molar-refractivity contribution is 5.57. The quantitative estimate of drug-likeness (QED) is 0.749. The third-order valence-electron chi connectivity index (χ3n) is 3.67. The van der Waals surface area contributed by atoms with E-state index >= 15 is 0 Å². The summed E-state index contributed by atoms with van der Waals surface area (Å²) in [6, 6.07) is 6.34. The molecule has 2 rings (SSSR count). The van der Waals surface area contributed by atoms with E-state index in [0.717, 1.165) is 30.7 Å². The van der Waals surface area contributed by atoms with Crippen LogP contribution in [0.1, 0.15) is 37.7 Å². The summed E-state index contributed by atoms with van der Waals surface area (Å²) in [7, 11) is 1.69. The van der Waals surface area contributed by atoms with Gasteiger partial charge in [-0.3, -0.25) is 0 Å². The molecule has 98 valence electrons. The van der Waals surface area contributed by atoms with Gasteiger partial charge in [0.2, 0.25) is 0 Å². The molecule has 0 aliphatic carbocycles. The second-order valence-corrected chi connectivity index (χ2v) is 4.92. The Labute approximate surface area is 109 Å². The summed E-state index contributed by atoms with van der Waals surface area (Å²) >= 11 is 0. The fourth-order valence-electron chi connectivity index (χ4n) is 2.55. The minimum absolute atomic E-state index is 0.213. The van der Waals surface area contributed by atoms with Crippen LogP contribution in [0.2, 0.25) is 0 Å². The molecular formula is C15H21NO2. The fourth-order valence-corrected chi connectivity index (χ4v) is 2.55. The van der Waals surface area contributed by atoms with Crippen molar-refractivity contribution < 1.29 is 9.53 Å². The fraction of sp³-hybridized carbons (Fsp3) is 0.533. The monoisotopic (exact) mass is 247 g/mol. The summed E-state index contributed by atoms with van der Waals surface area (Å²) in [5.74, 6) is 1.11. The Morgan fingerprint density at radius 1 is 1.39 bits per heavy atom. The van der Waals surface area contributed by atoms with E-state index in [1.807, 2.05) is 0 Å². The first-order valence-electron chi connectivity index (χ1n) is 6.62. The molecule has 1 fully saturated rings. The second kappa shape index (κ2) is 5.89. The number of ether oxygens (including phenoxy) is 1. The number of hydrogen-bond acceptors (Lipinski definition) is 3. The molecule has 0 amide bonds. The summed E-state index contributed by atoms with van der Waals surface area (Å²) in [4.78, 5) is 13.0. The van der Waals surface area contributed by atoms with Gasteiger partial charge in [0.1, 0.15) is 12.0 Å². The average Bonchev–Trinajstić information content (AvgIpc) is 2.92. The Balaban J connectivity index is 2.24. The molecule has 0 aromatic heterocycles. The van der Waals surface area contributed by atoms with Gasteiger partial charge in [-0.2, -0.15) is 0 Å².